The maximum atomic E-state index is 12.0. The summed E-state index contributed by atoms with van der Waals surface area (Å²) in [5.74, 6) is 0.0292. The summed E-state index contributed by atoms with van der Waals surface area (Å²) in [5, 5.41) is 3.23. The van der Waals surface area contributed by atoms with E-state index in [9.17, 15) is 4.79 Å². The van der Waals surface area contributed by atoms with Crippen LogP contribution in [0.3, 0.4) is 0 Å². The minimum atomic E-state index is -0.392. The molecule has 0 saturated heterocycles. The van der Waals surface area contributed by atoms with Crippen molar-refractivity contribution in [2.75, 3.05) is 5.32 Å². The molecule has 1 amide bonds. The van der Waals surface area contributed by atoms with Crippen LogP contribution in [0.15, 0.2) is 41.0 Å². The molecule has 3 nitrogen and oxygen atoms in total. The van der Waals surface area contributed by atoms with E-state index in [-0.39, 0.29) is 5.56 Å². The van der Waals surface area contributed by atoms with Gasteiger partial charge in [0.25, 0.3) is 5.91 Å². The Morgan fingerprint density at radius 3 is 2.33 bits per heavy atom. The Morgan fingerprint density at radius 1 is 1.11 bits per heavy atom. The van der Waals surface area contributed by atoms with Gasteiger partial charge in [-0.15, -0.1) is 0 Å². The molecule has 1 aromatic carbocycles. The molecule has 6 heteroatoms. The smallest absolute Gasteiger partial charge is 0.259 e. The van der Waals surface area contributed by atoms with Gasteiger partial charge in [0, 0.05) is 0 Å². The highest BCUT2D eigenvalue weighted by molar-refractivity contribution is 9.10. The van der Waals surface area contributed by atoms with Gasteiger partial charge in [0.1, 0.15) is 10.4 Å². The number of hydrogen-bond donors (Lipinski definition) is 1. The van der Waals surface area contributed by atoms with Crippen molar-refractivity contribution in [2.45, 2.75) is 0 Å². The molecule has 0 atom stereocenters. The molecule has 92 valence electrons. The summed E-state index contributed by atoms with van der Waals surface area (Å²) in [6.07, 6.45) is 0. The summed E-state index contributed by atoms with van der Waals surface area (Å²) in [7, 11) is 0. The van der Waals surface area contributed by atoms with Crippen LogP contribution in [0.2, 0.25) is 10.0 Å². The number of rotatable bonds is 2. The summed E-state index contributed by atoms with van der Waals surface area (Å²) in [6, 6.07) is 10.1. The summed E-state index contributed by atoms with van der Waals surface area (Å²) in [5.41, 5.74) is 0.239. The number of pyridine rings is 1. The molecule has 1 N–H and O–H groups in total. The molecule has 0 bridgehead atoms. The molecule has 1 aromatic heterocycles. The lowest BCUT2D eigenvalue weighted by Crippen LogP contribution is -2.14. The van der Waals surface area contributed by atoms with E-state index in [1.54, 1.807) is 36.4 Å². The molecule has 1 heterocycles. The predicted molar refractivity (Wildman–Crippen MR) is 76.4 cm³/mol. The van der Waals surface area contributed by atoms with Crippen molar-refractivity contribution in [1.29, 1.82) is 0 Å². The van der Waals surface area contributed by atoms with Gasteiger partial charge < -0.3 is 5.32 Å². The minimum Gasteiger partial charge on any atom is -0.306 e. The standard InChI is InChI=1S/C12H7BrCl2N2O/c13-9-5-2-6-10(16-9)17-12(18)11-7(14)3-1-4-8(11)15/h1-6H,(H,16,17,18). The number of carbonyl (C=O) groups is 1. The highest BCUT2D eigenvalue weighted by Gasteiger charge is 2.14. The Morgan fingerprint density at radius 2 is 1.72 bits per heavy atom. The number of hydrogen-bond acceptors (Lipinski definition) is 2. The third-order valence-electron chi connectivity index (χ3n) is 2.15. The van der Waals surface area contributed by atoms with Gasteiger partial charge in [0.05, 0.1) is 15.6 Å². The third-order valence-corrected chi connectivity index (χ3v) is 3.22. The van der Waals surface area contributed by atoms with Crippen LogP contribution in [0, 0.1) is 0 Å². The molecular formula is C12H7BrCl2N2O. The van der Waals surface area contributed by atoms with Crippen molar-refractivity contribution in [1.82, 2.24) is 4.98 Å². The zero-order valence-electron chi connectivity index (χ0n) is 8.95. The molecule has 0 aliphatic heterocycles. The fourth-order valence-electron chi connectivity index (χ4n) is 1.37. The van der Waals surface area contributed by atoms with Crippen LogP contribution in [-0.4, -0.2) is 10.9 Å². The van der Waals surface area contributed by atoms with E-state index in [4.69, 9.17) is 23.2 Å². The number of benzene rings is 1. The van der Waals surface area contributed by atoms with E-state index in [0.717, 1.165) is 0 Å². The van der Waals surface area contributed by atoms with Gasteiger partial charge in [-0.1, -0.05) is 35.3 Å². The quantitative estimate of drug-likeness (QED) is 0.819. The Balaban J connectivity index is 2.28. The molecule has 2 rings (SSSR count). The van der Waals surface area contributed by atoms with E-state index >= 15 is 0 Å². The zero-order chi connectivity index (χ0) is 13.1. The first-order chi connectivity index (χ1) is 8.58. The van der Waals surface area contributed by atoms with Gasteiger partial charge in [-0.3, -0.25) is 4.79 Å². The van der Waals surface area contributed by atoms with Crippen LogP contribution in [-0.2, 0) is 0 Å². The van der Waals surface area contributed by atoms with Crippen LogP contribution < -0.4 is 5.32 Å². The van der Waals surface area contributed by atoms with Crippen molar-refractivity contribution < 1.29 is 4.79 Å². The number of amides is 1. The maximum Gasteiger partial charge on any atom is 0.259 e. The van der Waals surface area contributed by atoms with Crippen molar-refractivity contribution in [3.05, 3.63) is 56.6 Å². The second-order valence-corrected chi connectivity index (χ2v) is 5.02. The number of nitrogens with one attached hydrogen (secondary N) is 1. The first-order valence-electron chi connectivity index (χ1n) is 4.96. The lowest BCUT2D eigenvalue weighted by Gasteiger charge is -2.07. The summed E-state index contributed by atoms with van der Waals surface area (Å²) < 4.78 is 0.630. The van der Waals surface area contributed by atoms with Crippen LogP contribution in [0.1, 0.15) is 10.4 Å². The largest absolute Gasteiger partial charge is 0.306 e. The highest BCUT2D eigenvalue weighted by Crippen LogP contribution is 2.25. The number of nitrogens with zero attached hydrogens (tertiary/aromatic N) is 1. The van der Waals surface area contributed by atoms with Crippen LogP contribution >= 0.6 is 39.1 Å². The van der Waals surface area contributed by atoms with Crippen molar-refractivity contribution >= 4 is 50.9 Å². The molecule has 0 spiro atoms. The first kappa shape index (κ1) is 13.3. The summed E-state index contributed by atoms with van der Waals surface area (Å²) in [6.45, 7) is 0. The van der Waals surface area contributed by atoms with Crippen LogP contribution in [0.5, 0.6) is 0 Å². The molecule has 18 heavy (non-hydrogen) atoms. The van der Waals surface area contributed by atoms with Gasteiger partial charge >= 0.3 is 0 Å². The van der Waals surface area contributed by atoms with Crippen molar-refractivity contribution in [2.24, 2.45) is 0 Å². The second-order valence-electron chi connectivity index (χ2n) is 3.40. The van der Waals surface area contributed by atoms with Gasteiger partial charge in [0.2, 0.25) is 0 Å². The zero-order valence-corrected chi connectivity index (χ0v) is 12.1. The van der Waals surface area contributed by atoms with Gasteiger partial charge in [0.15, 0.2) is 0 Å². The van der Waals surface area contributed by atoms with E-state index in [0.29, 0.717) is 20.5 Å². The lowest BCUT2D eigenvalue weighted by molar-refractivity contribution is 0.102. The van der Waals surface area contributed by atoms with Gasteiger partial charge in [-0.05, 0) is 40.2 Å². The van der Waals surface area contributed by atoms with E-state index in [1.165, 1.54) is 0 Å². The number of aromatic nitrogens is 1. The Labute approximate surface area is 122 Å². The minimum absolute atomic E-state index is 0.239. The van der Waals surface area contributed by atoms with Gasteiger partial charge in [-0.25, -0.2) is 4.98 Å². The topological polar surface area (TPSA) is 42.0 Å². The van der Waals surface area contributed by atoms with E-state index < -0.39 is 5.91 Å². The number of carbonyl (C=O) groups excluding carboxylic acids is 1. The van der Waals surface area contributed by atoms with E-state index in [1.807, 2.05) is 0 Å². The average molecular weight is 346 g/mol. The molecule has 0 fully saturated rings. The van der Waals surface area contributed by atoms with Gasteiger partial charge in [-0.2, -0.15) is 0 Å². The summed E-state index contributed by atoms with van der Waals surface area (Å²) in [4.78, 5) is 16.1. The fraction of sp³-hybridized carbons (Fsp3) is 0. The lowest BCUT2D eigenvalue weighted by atomic mass is 10.2. The molecule has 2 aromatic rings. The molecule has 0 aliphatic rings. The van der Waals surface area contributed by atoms with Crippen molar-refractivity contribution in [3.63, 3.8) is 0 Å². The second kappa shape index (κ2) is 5.69. The molecule has 0 radical (unpaired) electrons. The Hall–Kier alpha value is -1.10. The monoisotopic (exact) mass is 344 g/mol. The Kier molecular flexibility index (Phi) is 4.22. The molecular weight excluding hydrogens is 339 g/mol. The van der Waals surface area contributed by atoms with Crippen molar-refractivity contribution in [3.8, 4) is 0 Å². The fourth-order valence-corrected chi connectivity index (χ4v) is 2.28. The molecule has 0 aliphatic carbocycles. The third kappa shape index (κ3) is 3.02. The Bertz CT molecular complexity index is 584. The number of halogens is 3. The average Bonchev–Trinajstić information content (AvgIpc) is 2.28. The normalized spacial score (nSPS) is 10.2. The predicted octanol–water partition coefficient (Wildman–Crippen LogP) is 4.40. The molecule has 0 unspecified atom stereocenters. The van der Waals surface area contributed by atoms with Crippen LogP contribution in [0.25, 0.3) is 0 Å². The number of anilines is 1. The van der Waals surface area contributed by atoms with E-state index in [2.05, 4.69) is 26.2 Å². The first-order valence-corrected chi connectivity index (χ1v) is 6.51. The molecule has 0 saturated carbocycles. The van der Waals surface area contributed by atoms with Crippen LogP contribution in [0.4, 0.5) is 5.82 Å². The maximum absolute atomic E-state index is 12.0. The summed E-state index contributed by atoms with van der Waals surface area (Å²) >= 11 is 15.1. The SMILES string of the molecule is O=C(Nc1cccc(Br)n1)c1c(Cl)cccc1Cl. The highest BCUT2D eigenvalue weighted by atomic mass is 79.9.